The van der Waals surface area contributed by atoms with E-state index in [-0.39, 0.29) is 5.76 Å². The zero-order chi connectivity index (χ0) is 15.7. The van der Waals surface area contributed by atoms with E-state index in [1.807, 2.05) is 6.07 Å². The molecule has 0 bridgehead atoms. The highest BCUT2D eigenvalue weighted by Gasteiger charge is 2.20. The van der Waals surface area contributed by atoms with Crippen LogP contribution in [0.4, 0.5) is 4.39 Å². The molecule has 0 aliphatic rings. The van der Waals surface area contributed by atoms with Gasteiger partial charge in [0.05, 0.1) is 11.6 Å². The normalized spacial score (nSPS) is 10.4. The van der Waals surface area contributed by atoms with Gasteiger partial charge in [0.15, 0.2) is 0 Å². The topological polar surface area (TPSA) is 63.2 Å². The van der Waals surface area contributed by atoms with Crippen LogP contribution < -0.4 is 4.74 Å². The Morgan fingerprint density at radius 3 is 2.64 bits per heavy atom. The van der Waals surface area contributed by atoms with Crippen molar-refractivity contribution in [2.75, 3.05) is 0 Å². The lowest BCUT2D eigenvalue weighted by molar-refractivity contribution is 0.0703. The molecule has 0 amide bonds. The molecule has 3 rings (SSSR count). The first-order chi connectivity index (χ1) is 10.6. The molecule has 0 atom stereocenters. The van der Waals surface area contributed by atoms with Crippen molar-refractivity contribution in [3.05, 3.63) is 65.2 Å². The quantitative estimate of drug-likeness (QED) is 0.530. The van der Waals surface area contributed by atoms with E-state index in [4.69, 9.17) is 14.4 Å². The molecule has 0 aliphatic carbocycles. The zero-order valence-electron chi connectivity index (χ0n) is 11.6. The van der Waals surface area contributed by atoms with E-state index in [1.54, 1.807) is 19.1 Å². The number of carbonyl (C=O) groups is 1. The first kappa shape index (κ1) is 13.8. The predicted molar refractivity (Wildman–Crippen MR) is 77.0 cm³/mol. The molecule has 2 aromatic carbocycles. The van der Waals surface area contributed by atoms with Crippen LogP contribution in [0.5, 0.6) is 5.75 Å². The van der Waals surface area contributed by atoms with Crippen molar-refractivity contribution in [2.45, 2.75) is 6.92 Å². The van der Waals surface area contributed by atoms with Gasteiger partial charge in [0.1, 0.15) is 17.1 Å². The molecule has 0 N–H and O–H groups in total. The highest BCUT2D eigenvalue weighted by Crippen LogP contribution is 2.27. The van der Waals surface area contributed by atoms with Crippen molar-refractivity contribution < 1.29 is 18.3 Å². The van der Waals surface area contributed by atoms with Gasteiger partial charge in [-0.2, -0.15) is 5.26 Å². The number of furan rings is 1. The second kappa shape index (κ2) is 5.34. The van der Waals surface area contributed by atoms with Gasteiger partial charge >= 0.3 is 5.97 Å². The van der Waals surface area contributed by atoms with Crippen LogP contribution in [-0.2, 0) is 0 Å². The minimum atomic E-state index is -0.668. The van der Waals surface area contributed by atoms with Crippen molar-refractivity contribution in [1.82, 2.24) is 0 Å². The molecule has 5 heteroatoms. The predicted octanol–water partition coefficient (Wildman–Crippen LogP) is 3.97. The van der Waals surface area contributed by atoms with Crippen LogP contribution in [0.25, 0.3) is 11.0 Å². The monoisotopic (exact) mass is 295 g/mol. The average molecular weight is 295 g/mol. The fourth-order valence-electron chi connectivity index (χ4n) is 2.14. The molecule has 0 spiro atoms. The number of hydrogen-bond acceptors (Lipinski definition) is 4. The number of fused-ring (bicyclic) bond motifs is 1. The molecule has 1 aromatic heterocycles. The molecule has 0 unspecified atom stereocenters. The minimum absolute atomic E-state index is 0.0324. The largest absolute Gasteiger partial charge is 0.449 e. The summed E-state index contributed by atoms with van der Waals surface area (Å²) in [6.45, 7) is 1.67. The third-order valence-corrected chi connectivity index (χ3v) is 3.28. The van der Waals surface area contributed by atoms with Crippen molar-refractivity contribution in [2.24, 2.45) is 0 Å². The van der Waals surface area contributed by atoms with Gasteiger partial charge in [-0.25, -0.2) is 9.18 Å². The van der Waals surface area contributed by atoms with E-state index >= 15 is 0 Å². The van der Waals surface area contributed by atoms with Crippen LogP contribution in [-0.4, -0.2) is 5.97 Å². The summed E-state index contributed by atoms with van der Waals surface area (Å²) in [5.41, 5.74) is 1.41. The summed E-state index contributed by atoms with van der Waals surface area (Å²) in [4.78, 5) is 12.2. The van der Waals surface area contributed by atoms with Gasteiger partial charge in [-0.15, -0.1) is 0 Å². The first-order valence-electron chi connectivity index (χ1n) is 6.49. The molecule has 4 nitrogen and oxygen atoms in total. The molecule has 108 valence electrons. The van der Waals surface area contributed by atoms with E-state index in [0.29, 0.717) is 27.8 Å². The van der Waals surface area contributed by atoms with Crippen molar-refractivity contribution in [3.63, 3.8) is 0 Å². The van der Waals surface area contributed by atoms with E-state index in [0.717, 1.165) is 0 Å². The molecule has 22 heavy (non-hydrogen) atoms. The van der Waals surface area contributed by atoms with Gasteiger partial charge < -0.3 is 9.15 Å². The van der Waals surface area contributed by atoms with Crippen LogP contribution in [0.3, 0.4) is 0 Å². The Hall–Kier alpha value is -3.13. The van der Waals surface area contributed by atoms with Crippen LogP contribution >= 0.6 is 0 Å². The number of nitriles is 1. The standard InChI is InChI=1S/C17H10FNO3/c1-10-14-8-12(18)4-7-15(14)22-16(10)17(20)21-13-5-2-11(9-19)3-6-13/h2-8H,1H3. The van der Waals surface area contributed by atoms with E-state index < -0.39 is 11.8 Å². The lowest BCUT2D eigenvalue weighted by Gasteiger charge is -2.02. The molecule has 0 aliphatic heterocycles. The third-order valence-electron chi connectivity index (χ3n) is 3.28. The molecule has 0 radical (unpaired) electrons. The number of esters is 1. The fourth-order valence-corrected chi connectivity index (χ4v) is 2.14. The number of aryl methyl sites for hydroxylation is 1. The van der Waals surface area contributed by atoms with Gasteiger partial charge in [0, 0.05) is 10.9 Å². The maximum atomic E-state index is 13.3. The van der Waals surface area contributed by atoms with Gasteiger partial charge in [-0.3, -0.25) is 0 Å². The van der Waals surface area contributed by atoms with Crippen LogP contribution in [0.1, 0.15) is 21.7 Å². The van der Waals surface area contributed by atoms with Gasteiger partial charge in [-0.05, 0) is 49.4 Å². The molecule has 1 heterocycles. The second-order valence-corrected chi connectivity index (χ2v) is 4.72. The summed E-state index contributed by atoms with van der Waals surface area (Å²) in [5, 5.41) is 9.26. The Morgan fingerprint density at radius 2 is 1.95 bits per heavy atom. The Kier molecular flexibility index (Phi) is 3.36. The molecular weight excluding hydrogens is 285 g/mol. The summed E-state index contributed by atoms with van der Waals surface area (Å²) < 4.78 is 23.9. The summed E-state index contributed by atoms with van der Waals surface area (Å²) in [7, 11) is 0. The maximum absolute atomic E-state index is 13.3. The lowest BCUT2D eigenvalue weighted by atomic mass is 10.1. The smallest absolute Gasteiger partial charge is 0.379 e. The molecule has 0 fully saturated rings. The molecule has 3 aromatic rings. The van der Waals surface area contributed by atoms with Crippen LogP contribution in [0.2, 0.25) is 0 Å². The summed E-state index contributed by atoms with van der Waals surface area (Å²) in [6, 6.07) is 12.2. The lowest BCUT2D eigenvalue weighted by Crippen LogP contribution is -2.08. The van der Waals surface area contributed by atoms with Gasteiger partial charge in [0.25, 0.3) is 0 Å². The minimum Gasteiger partial charge on any atom is -0.449 e. The Bertz CT molecular complexity index is 904. The number of rotatable bonds is 2. The van der Waals surface area contributed by atoms with Crippen molar-refractivity contribution in [1.29, 1.82) is 5.26 Å². The zero-order valence-corrected chi connectivity index (χ0v) is 11.6. The van der Waals surface area contributed by atoms with Crippen molar-refractivity contribution in [3.8, 4) is 11.8 Å². The molecular formula is C17H10FNO3. The number of nitrogens with zero attached hydrogens (tertiary/aromatic N) is 1. The maximum Gasteiger partial charge on any atom is 0.379 e. The first-order valence-corrected chi connectivity index (χ1v) is 6.49. The number of halogens is 1. The van der Waals surface area contributed by atoms with Crippen LogP contribution in [0.15, 0.2) is 46.9 Å². The number of hydrogen-bond donors (Lipinski definition) is 0. The Labute approximate surface area is 125 Å². The average Bonchev–Trinajstić information content (AvgIpc) is 2.85. The summed E-state index contributed by atoms with van der Waals surface area (Å²) >= 11 is 0. The van der Waals surface area contributed by atoms with Gasteiger partial charge in [0.2, 0.25) is 5.76 Å². The second-order valence-electron chi connectivity index (χ2n) is 4.72. The summed E-state index contributed by atoms with van der Waals surface area (Å²) in [5.74, 6) is -0.734. The highest BCUT2D eigenvalue weighted by molar-refractivity contribution is 5.96. The van der Waals surface area contributed by atoms with E-state index in [1.165, 1.54) is 30.3 Å². The van der Waals surface area contributed by atoms with E-state index in [2.05, 4.69) is 0 Å². The highest BCUT2D eigenvalue weighted by atomic mass is 19.1. The Balaban J connectivity index is 1.91. The van der Waals surface area contributed by atoms with Crippen molar-refractivity contribution >= 4 is 16.9 Å². The fraction of sp³-hybridized carbons (Fsp3) is 0.0588. The third kappa shape index (κ3) is 2.42. The Morgan fingerprint density at radius 1 is 1.23 bits per heavy atom. The molecule has 0 saturated heterocycles. The van der Waals surface area contributed by atoms with E-state index in [9.17, 15) is 9.18 Å². The SMILES string of the molecule is Cc1c(C(=O)Oc2ccc(C#N)cc2)oc2ccc(F)cc12. The number of carbonyl (C=O) groups excluding carboxylic acids is 1. The number of ether oxygens (including phenoxy) is 1. The van der Waals surface area contributed by atoms with Gasteiger partial charge in [-0.1, -0.05) is 0 Å². The molecule has 0 saturated carbocycles. The number of benzene rings is 2. The van der Waals surface area contributed by atoms with Crippen LogP contribution in [0, 0.1) is 24.1 Å². The summed E-state index contributed by atoms with van der Waals surface area (Å²) in [6.07, 6.45) is 0.